The van der Waals surface area contributed by atoms with Crippen molar-refractivity contribution in [3.05, 3.63) is 33.7 Å². The molecule has 0 aromatic carbocycles. The zero-order valence-electron chi connectivity index (χ0n) is 10.8. The topological polar surface area (TPSA) is 58.9 Å². The second kappa shape index (κ2) is 5.49. The second-order valence-corrected chi connectivity index (χ2v) is 4.74. The lowest BCUT2D eigenvalue weighted by Gasteiger charge is -2.37. The van der Waals surface area contributed by atoms with Gasteiger partial charge in [0.15, 0.2) is 5.76 Å². The fourth-order valence-electron chi connectivity index (χ4n) is 2.41. The predicted molar refractivity (Wildman–Crippen MR) is 67.6 cm³/mol. The van der Waals surface area contributed by atoms with Crippen LogP contribution in [0.1, 0.15) is 6.42 Å². The standard InChI is InChI=1S/C12H19N3O3/c1-13-5-7-14(8-6-13)10-3-4-11(15(16)17)12(9-10)18-2/h3-4,10H,5-9H2,1-2H3. The van der Waals surface area contributed by atoms with E-state index in [2.05, 4.69) is 16.8 Å². The third-order valence-corrected chi connectivity index (χ3v) is 3.61. The first-order valence-electron chi connectivity index (χ1n) is 6.14. The zero-order valence-corrected chi connectivity index (χ0v) is 10.8. The molecule has 0 bridgehead atoms. The van der Waals surface area contributed by atoms with Crippen molar-refractivity contribution < 1.29 is 9.66 Å². The molecule has 2 rings (SSSR count). The van der Waals surface area contributed by atoms with Crippen LogP contribution in [0.15, 0.2) is 23.6 Å². The molecule has 1 atom stereocenters. The number of hydrogen-bond donors (Lipinski definition) is 0. The average molecular weight is 253 g/mol. The fraction of sp³-hybridized carbons (Fsp3) is 0.667. The summed E-state index contributed by atoms with van der Waals surface area (Å²) in [4.78, 5) is 15.1. The van der Waals surface area contributed by atoms with E-state index in [1.807, 2.05) is 6.08 Å². The van der Waals surface area contributed by atoms with Crippen molar-refractivity contribution >= 4 is 0 Å². The molecule has 1 saturated heterocycles. The highest BCUT2D eigenvalue weighted by Crippen LogP contribution is 2.24. The summed E-state index contributed by atoms with van der Waals surface area (Å²) in [7, 11) is 3.61. The van der Waals surface area contributed by atoms with E-state index in [-0.39, 0.29) is 16.7 Å². The van der Waals surface area contributed by atoms with Gasteiger partial charge in [-0.05, 0) is 7.05 Å². The highest BCUT2D eigenvalue weighted by atomic mass is 16.6. The molecule has 2 aliphatic rings. The van der Waals surface area contributed by atoms with Gasteiger partial charge in [-0.2, -0.15) is 0 Å². The van der Waals surface area contributed by atoms with Gasteiger partial charge in [-0.3, -0.25) is 15.0 Å². The monoisotopic (exact) mass is 253 g/mol. The van der Waals surface area contributed by atoms with Crippen LogP contribution in [0.2, 0.25) is 0 Å². The van der Waals surface area contributed by atoms with E-state index < -0.39 is 0 Å². The summed E-state index contributed by atoms with van der Waals surface area (Å²) in [6, 6.07) is 0.220. The summed E-state index contributed by atoms with van der Waals surface area (Å²) >= 11 is 0. The van der Waals surface area contributed by atoms with Crippen LogP contribution >= 0.6 is 0 Å². The Balaban J connectivity index is 2.04. The molecule has 1 aliphatic heterocycles. The minimum Gasteiger partial charge on any atom is -0.494 e. The van der Waals surface area contributed by atoms with Gasteiger partial charge >= 0.3 is 5.70 Å². The van der Waals surface area contributed by atoms with Gasteiger partial charge < -0.3 is 9.64 Å². The molecule has 0 radical (unpaired) electrons. The van der Waals surface area contributed by atoms with Crippen LogP contribution in [-0.4, -0.2) is 61.1 Å². The van der Waals surface area contributed by atoms with Crippen LogP contribution in [0, 0.1) is 10.1 Å². The molecule has 6 heteroatoms. The number of allylic oxidation sites excluding steroid dienone is 1. The van der Waals surface area contributed by atoms with Gasteiger partial charge in [0.05, 0.1) is 12.0 Å². The first-order chi connectivity index (χ1) is 8.61. The normalized spacial score (nSPS) is 26.4. The molecule has 1 fully saturated rings. The average Bonchev–Trinajstić information content (AvgIpc) is 2.38. The third-order valence-electron chi connectivity index (χ3n) is 3.61. The minimum absolute atomic E-state index is 0.0860. The maximum Gasteiger partial charge on any atom is 0.306 e. The Hall–Kier alpha value is -1.40. The lowest BCUT2D eigenvalue weighted by Crippen LogP contribution is -2.49. The largest absolute Gasteiger partial charge is 0.494 e. The highest BCUT2D eigenvalue weighted by Gasteiger charge is 2.29. The number of hydrogen-bond acceptors (Lipinski definition) is 5. The van der Waals surface area contributed by atoms with Gasteiger partial charge in [-0.25, -0.2) is 0 Å². The molecule has 1 aliphatic carbocycles. The van der Waals surface area contributed by atoms with E-state index in [9.17, 15) is 10.1 Å². The maximum absolute atomic E-state index is 10.8. The summed E-state index contributed by atoms with van der Waals surface area (Å²) < 4.78 is 5.16. The zero-order chi connectivity index (χ0) is 13.1. The lowest BCUT2D eigenvalue weighted by molar-refractivity contribution is -0.422. The van der Waals surface area contributed by atoms with Crippen molar-refractivity contribution in [2.45, 2.75) is 12.5 Å². The van der Waals surface area contributed by atoms with Crippen LogP contribution in [0.25, 0.3) is 0 Å². The first-order valence-corrected chi connectivity index (χ1v) is 6.14. The van der Waals surface area contributed by atoms with Gasteiger partial charge in [-0.1, -0.05) is 6.08 Å². The molecular formula is C12H19N3O3. The maximum atomic E-state index is 10.8. The van der Waals surface area contributed by atoms with E-state index in [1.54, 1.807) is 6.08 Å². The molecular weight excluding hydrogens is 234 g/mol. The summed E-state index contributed by atoms with van der Waals surface area (Å²) in [5.74, 6) is 0.478. The highest BCUT2D eigenvalue weighted by molar-refractivity contribution is 5.24. The molecule has 0 amide bonds. The molecule has 100 valence electrons. The number of rotatable bonds is 3. The SMILES string of the molecule is COC1=C([N+](=O)[O-])C=CC(N2CCN(C)CC2)C1. The van der Waals surface area contributed by atoms with E-state index in [0.717, 1.165) is 26.2 Å². The molecule has 1 unspecified atom stereocenters. The summed E-state index contributed by atoms with van der Waals surface area (Å²) in [6.45, 7) is 4.07. The van der Waals surface area contributed by atoms with E-state index in [1.165, 1.54) is 7.11 Å². The number of methoxy groups -OCH3 is 1. The van der Waals surface area contributed by atoms with Crippen LogP contribution in [0.5, 0.6) is 0 Å². The summed E-state index contributed by atoms with van der Waals surface area (Å²) in [5, 5.41) is 10.8. The molecule has 0 N–H and O–H groups in total. The molecule has 6 nitrogen and oxygen atoms in total. The predicted octanol–water partition coefficient (Wildman–Crippen LogP) is 0.697. The Morgan fingerprint density at radius 2 is 2.06 bits per heavy atom. The first kappa shape index (κ1) is 13.0. The smallest absolute Gasteiger partial charge is 0.306 e. The number of ether oxygens (including phenoxy) is 1. The number of nitro groups is 1. The second-order valence-electron chi connectivity index (χ2n) is 4.74. The van der Waals surface area contributed by atoms with Crippen LogP contribution in [0.3, 0.4) is 0 Å². The van der Waals surface area contributed by atoms with Crippen LogP contribution in [-0.2, 0) is 4.74 Å². The van der Waals surface area contributed by atoms with Gasteiger partial charge in [-0.15, -0.1) is 0 Å². The number of piperazine rings is 1. The van der Waals surface area contributed by atoms with E-state index in [4.69, 9.17) is 4.74 Å². The summed E-state index contributed by atoms with van der Waals surface area (Å²) in [5.41, 5.74) is 0.0860. The molecule has 0 aromatic heterocycles. The Morgan fingerprint density at radius 3 is 2.61 bits per heavy atom. The van der Waals surface area contributed by atoms with Gasteiger partial charge in [0.25, 0.3) is 0 Å². The molecule has 0 spiro atoms. The van der Waals surface area contributed by atoms with Gasteiger partial charge in [0, 0.05) is 44.7 Å². The lowest BCUT2D eigenvalue weighted by atomic mass is 10.0. The molecule has 18 heavy (non-hydrogen) atoms. The van der Waals surface area contributed by atoms with E-state index in [0.29, 0.717) is 12.2 Å². The number of likely N-dealkylation sites (N-methyl/N-ethyl adjacent to an activating group) is 1. The third kappa shape index (κ3) is 2.70. The Bertz CT molecular complexity index is 384. The van der Waals surface area contributed by atoms with Gasteiger partial charge in [0.1, 0.15) is 0 Å². The fourth-order valence-corrected chi connectivity index (χ4v) is 2.41. The molecule has 0 aromatic rings. The van der Waals surface area contributed by atoms with Crippen molar-refractivity contribution in [1.29, 1.82) is 0 Å². The summed E-state index contributed by atoms with van der Waals surface area (Å²) in [6.07, 6.45) is 4.09. The Kier molecular flexibility index (Phi) is 3.98. The Labute approximate surface area is 107 Å². The minimum atomic E-state index is -0.379. The van der Waals surface area contributed by atoms with Crippen molar-refractivity contribution in [2.75, 3.05) is 40.3 Å². The quantitative estimate of drug-likeness (QED) is 0.547. The molecule has 1 heterocycles. The van der Waals surface area contributed by atoms with Crippen LogP contribution in [0.4, 0.5) is 0 Å². The van der Waals surface area contributed by atoms with Crippen molar-refractivity contribution in [3.63, 3.8) is 0 Å². The van der Waals surface area contributed by atoms with Crippen LogP contribution < -0.4 is 0 Å². The number of nitrogens with zero attached hydrogens (tertiary/aromatic N) is 3. The molecule has 0 saturated carbocycles. The van der Waals surface area contributed by atoms with Gasteiger partial charge in [0.2, 0.25) is 0 Å². The van der Waals surface area contributed by atoms with Crippen molar-refractivity contribution in [3.8, 4) is 0 Å². The van der Waals surface area contributed by atoms with Crippen molar-refractivity contribution in [1.82, 2.24) is 9.80 Å². The van der Waals surface area contributed by atoms with Crippen molar-refractivity contribution in [2.24, 2.45) is 0 Å². The Morgan fingerprint density at radius 1 is 1.39 bits per heavy atom. The van der Waals surface area contributed by atoms with E-state index >= 15 is 0 Å².